The lowest BCUT2D eigenvalue weighted by Gasteiger charge is -2.11. The third-order valence-corrected chi connectivity index (χ3v) is 2.74. The summed E-state index contributed by atoms with van der Waals surface area (Å²) in [6, 6.07) is 6.19. The fourth-order valence-electron chi connectivity index (χ4n) is 1.64. The van der Waals surface area contributed by atoms with Crippen LogP contribution in [0.1, 0.15) is 15.9 Å². The first-order valence-electron chi connectivity index (χ1n) is 5.65. The minimum Gasteiger partial charge on any atom is -0.477 e. The first-order chi connectivity index (χ1) is 9.40. The molecule has 0 saturated heterocycles. The van der Waals surface area contributed by atoms with Gasteiger partial charge in [0, 0.05) is 6.07 Å². The number of nitrogen functional groups attached to an aromatic ring is 1. The highest BCUT2D eigenvalue weighted by molar-refractivity contribution is 5.97. The van der Waals surface area contributed by atoms with Crippen LogP contribution < -0.4 is 10.5 Å². The summed E-state index contributed by atoms with van der Waals surface area (Å²) in [6.07, 6.45) is 0. The number of nitrogens with two attached hydrogens (primary N) is 1. The molecule has 0 spiro atoms. The number of carboxylic acid groups (broad SMARTS) is 1. The van der Waals surface area contributed by atoms with Crippen molar-refractivity contribution >= 4 is 11.7 Å². The zero-order valence-electron chi connectivity index (χ0n) is 10.5. The second-order valence-corrected chi connectivity index (χ2v) is 4.15. The molecule has 0 aliphatic carbocycles. The monoisotopic (exact) mass is 279 g/mol. The molecule has 4 nitrogen and oxygen atoms in total. The molecule has 0 fully saturated rings. The van der Waals surface area contributed by atoms with E-state index in [1.807, 2.05) is 0 Å². The van der Waals surface area contributed by atoms with E-state index < -0.39 is 28.9 Å². The van der Waals surface area contributed by atoms with Gasteiger partial charge in [-0.1, -0.05) is 6.07 Å². The molecule has 0 radical (unpaired) electrons. The van der Waals surface area contributed by atoms with Gasteiger partial charge in [-0.15, -0.1) is 0 Å². The van der Waals surface area contributed by atoms with E-state index in [0.29, 0.717) is 5.56 Å². The Morgan fingerprint density at radius 2 is 1.90 bits per heavy atom. The first-order valence-corrected chi connectivity index (χ1v) is 5.65. The van der Waals surface area contributed by atoms with Crippen molar-refractivity contribution < 1.29 is 23.4 Å². The molecule has 0 aliphatic heterocycles. The van der Waals surface area contributed by atoms with Crippen molar-refractivity contribution in [3.63, 3.8) is 0 Å². The number of halogens is 2. The van der Waals surface area contributed by atoms with Crippen LogP contribution in [0.25, 0.3) is 0 Å². The van der Waals surface area contributed by atoms with Crippen LogP contribution in [0.4, 0.5) is 14.5 Å². The van der Waals surface area contributed by atoms with Crippen molar-refractivity contribution in [2.45, 2.75) is 6.92 Å². The Kier molecular flexibility index (Phi) is 3.56. The van der Waals surface area contributed by atoms with E-state index in [2.05, 4.69) is 0 Å². The van der Waals surface area contributed by atoms with Crippen LogP contribution in [0.15, 0.2) is 30.3 Å². The number of aromatic carboxylic acids is 1. The number of ether oxygens (including phenoxy) is 1. The average Bonchev–Trinajstić information content (AvgIpc) is 2.38. The minimum absolute atomic E-state index is 0.0987. The van der Waals surface area contributed by atoms with Gasteiger partial charge in [-0.05, 0) is 30.7 Å². The zero-order chi connectivity index (χ0) is 14.9. The number of hydrogen-bond acceptors (Lipinski definition) is 3. The molecule has 20 heavy (non-hydrogen) atoms. The summed E-state index contributed by atoms with van der Waals surface area (Å²) in [5, 5.41) is 9.05. The lowest BCUT2D eigenvalue weighted by Crippen LogP contribution is -2.07. The third-order valence-electron chi connectivity index (χ3n) is 2.74. The third kappa shape index (κ3) is 2.54. The van der Waals surface area contributed by atoms with E-state index in [9.17, 15) is 13.6 Å². The molecule has 2 aromatic rings. The summed E-state index contributed by atoms with van der Waals surface area (Å²) in [5.41, 5.74) is 4.79. The second-order valence-electron chi connectivity index (χ2n) is 4.15. The van der Waals surface area contributed by atoms with Crippen molar-refractivity contribution in [3.05, 3.63) is 53.1 Å². The maximum absolute atomic E-state index is 13.4. The van der Waals surface area contributed by atoms with Crippen molar-refractivity contribution in [1.82, 2.24) is 0 Å². The molecule has 0 heterocycles. The molecule has 0 unspecified atom stereocenters. The van der Waals surface area contributed by atoms with Crippen molar-refractivity contribution in [1.29, 1.82) is 0 Å². The number of benzene rings is 2. The normalized spacial score (nSPS) is 10.3. The topological polar surface area (TPSA) is 72.5 Å². The van der Waals surface area contributed by atoms with Crippen LogP contribution >= 0.6 is 0 Å². The van der Waals surface area contributed by atoms with Gasteiger partial charge >= 0.3 is 5.97 Å². The van der Waals surface area contributed by atoms with Gasteiger partial charge in [0.15, 0.2) is 0 Å². The maximum atomic E-state index is 13.4. The van der Waals surface area contributed by atoms with Gasteiger partial charge in [0.1, 0.15) is 28.7 Å². The molecule has 0 amide bonds. The van der Waals surface area contributed by atoms with Crippen LogP contribution in [0.2, 0.25) is 0 Å². The van der Waals surface area contributed by atoms with E-state index in [1.165, 1.54) is 12.1 Å². The van der Waals surface area contributed by atoms with Gasteiger partial charge in [0.05, 0.1) is 5.69 Å². The Labute approximate surface area is 113 Å². The Hall–Kier alpha value is -2.63. The summed E-state index contributed by atoms with van der Waals surface area (Å²) in [4.78, 5) is 11.1. The van der Waals surface area contributed by atoms with Gasteiger partial charge in [-0.25, -0.2) is 13.6 Å². The molecule has 2 aromatic carbocycles. The van der Waals surface area contributed by atoms with E-state index in [4.69, 9.17) is 15.6 Å². The quantitative estimate of drug-likeness (QED) is 0.845. The summed E-state index contributed by atoms with van der Waals surface area (Å²) in [7, 11) is 0. The molecule has 6 heteroatoms. The van der Waals surface area contributed by atoms with Crippen LogP contribution in [-0.2, 0) is 0 Å². The maximum Gasteiger partial charge on any atom is 0.341 e. The number of hydrogen-bond donors (Lipinski definition) is 2. The van der Waals surface area contributed by atoms with Crippen LogP contribution in [0, 0.1) is 18.6 Å². The van der Waals surface area contributed by atoms with Crippen LogP contribution in [0.5, 0.6) is 11.5 Å². The zero-order valence-corrected chi connectivity index (χ0v) is 10.5. The lowest BCUT2D eigenvalue weighted by atomic mass is 10.1. The van der Waals surface area contributed by atoms with Crippen molar-refractivity contribution in [3.8, 4) is 11.5 Å². The molecule has 2 rings (SSSR count). The minimum atomic E-state index is -1.43. The molecule has 0 aromatic heterocycles. The molecular weight excluding hydrogens is 268 g/mol. The number of rotatable bonds is 3. The second kappa shape index (κ2) is 5.16. The van der Waals surface area contributed by atoms with Crippen LogP contribution in [0.3, 0.4) is 0 Å². The number of carbonyl (C=O) groups is 1. The van der Waals surface area contributed by atoms with Gasteiger partial charge in [-0.2, -0.15) is 0 Å². The van der Waals surface area contributed by atoms with E-state index in [-0.39, 0.29) is 11.5 Å². The van der Waals surface area contributed by atoms with Gasteiger partial charge < -0.3 is 15.6 Å². The van der Waals surface area contributed by atoms with Gasteiger partial charge in [0.25, 0.3) is 0 Å². The Bertz CT molecular complexity index is 686. The summed E-state index contributed by atoms with van der Waals surface area (Å²) in [6.45, 7) is 1.58. The number of carboxylic acids is 1. The van der Waals surface area contributed by atoms with Gasteiger partial charge in [0.2, 0.25) is 0 Å². The Morgan fingerprint density at radius 3 is 2.50 bits per heavy atom. The average molecular weight is 279 g/mol. The first kappa shape index (κ1) is 13.8. The fourth-order valence-corrected chi connectivity index (χ4v) is 1.64. The van der Waals surface area contributed by atoms with Crippen molar-refractivity contribution in [2.24, 2.45) is 0 Å². The molecular formula is C14H11F2NO3. The largest absolute Gasteiger partial charge is 0.477 e. The molecule has 104 valence electrons. The predicted octanol–water partition coefficient (Wildman–Crippen LogP) is 3.35. The van der Waals surface area contributed by atoms with E-state index in [0.717, 1.165) is 18.2 Å². The van der Waals surface area contributed by atoms with E-state index in [1.54, 1.807) is 6.92 Å². The Balaban J connectivity index is 2.45. The number of aryl methyl sites for hydroxylation is 1. The highest BCUT2D eigenvalue weighted by atomic mass is 19.1. The Morgan fingerprint density at radius 1 is 1.20 bits per heavy atom. The summed E-state index contributed by atoms with van der Waals surface area (Å²) in [5.74, 6) is -2.83. The molecule has 0 bridgehead atoms. The molecule has 0 aliphatic rings. The van der Waals surface area contributed by atoms with E-state index >= 15 is 0 Å². The fraction of sp³-hybridized carbons (Fsp3) is 0.0714. The number of anilines is 1. The highest BCUT2D eigenvalue weighted by Crippen LogP contribution is 2.31. The molecule has 0 saturated carbocycles. The predicted molar refractivity (Wildman–Crippen MR) is 69.0 cm³/mol. The lowest BCUT2D eigenvalue weighted by molar-refractivity contribution is 0.0695. The van der Waals surface area contributed by atoms with Crippen molar-refractivity contribution in [2.75, 3.05) is 5.73 Å². The van der Waals surface area contributed by atoms with Gasteiger partial charge in [-0.3, -0.25) is 0 Å². The standard InChI is InChI=1S/C14H11F2NO3/c1-7-2-3-8(6-10(7)16)20-11-5-4-9(15)13(17)12(11)14(18)19/h2-6H,17H2,1H3,(H,18,19). The highest BCUT2D eigenvalue weighted by Gasteiger charge is 2.19. The SMILES string of the molecule is Cc1ccc(Oc2ccc(F)c(N)c2C(=O)O)cc1F. The summed E-state index contributed by atoms with van der Waals surface area (Å²) < 4.78 is 31.9. The molecule has 3 N–H and O–H groups in total. The van der Waals surface area contributed by atoms with Crippen LogP contribution in [-0.4, -0.2) is 11.1 Å². The molecule has 0 atom stereocenters. The smallest absolute Gasteiger partial charge is 0.341 e. The summed E-state index contributed by atoms with van der Waals surface area (Å²) >= 11 is 0.